The maximum Gasteiger partial charge on any atom is 0.222 e. The van der Waals surface area contributed by atoms with Crippen LogP contribution in [-0.2, 0) is 14.8 Å². The lowest BCUT2D eigenvalue weighted by Gasteiger charge is -2.34. The van der Waals surface area contributed by atoms with Gasteiger partial charge in [0.15, 0.2) is 0 Å². The molecule has 1 amide bonds. The lowest BCUT2D eigenvalue weighted by atomic mass is 9.86. The lowest BCUT2D eigenvalue weighted by Crippen LogP contribution is -2.50. The predicted octanol–water partition coefficient (Wildman–Crippen LogP) is 0.916. The van der Waals surface area contributed by atoms with Crippen molar-refractivity contribution in [2.45, 2.75) is 32.1 Å². The number of piperazine rings is 1. The van der Waals surface area contributed by atoms with Gasteiger partial charge < -0.3 is 4.90 Å². The molecule has 114 valence electrons. The maximum atomic E-state index is 12.3. The van der Waals surface area contributed by atoms with Crippen molar-refractivity contribution in [1.82, 2.24) is 9.21 Å². The zero-order chi connectivity index (χ0) is 14.3. The van der Waals surface area contributed by atoms with Crippen molar-refractivity contribution in [3.8, 4) is 0 Å². The third-order valence-corrected chi connectivity index (χ3v) is 6.68. The van der Waals surface area contributed by atoms with Crippen molar-refractivity contribution >= 4 is 15.9 Å². The first-order valence-corrected chi connectivity index (χ1v) is 9.51. The summed E-state index contributed by atoms with van der Waals surface area (Å²) in [6.45, 7) is 1.99. The van der Waals surface area contributed by atoms with Gasteiger partial charge in [0.2, 0.25) is 15.9 Å². The fourth-order valence-corrected chi connectivity index (χ4v) is 5.08. The Morgan fingerprint density at radius 1 is 1.10 bits per heavy atom. The number of hydrogen-bond acceptors (Lipinski definition) is 3. The van der Waals surface area contributed by atoms with Crippen LogP contribution in [0.2, 0.25) is 0 Å². The Kier molecular flexibility index (Phi) is 3.79. The van der Waals surface area contributed by atoms with Crippen molar-refractivity contribution in [2.75, 3.05) is 32.4 Å². The molecule has 20 heavy (non-hydrogen) atoms. The molecule has 3 rings (SSSR count). The van der Waals surface area contributed by atoms with Gasteiger partial charge in [0.1, 0.15) is 0 Å². The van der Waals surface area contributed by atoms with E-state index in [0.29, 0.717) is 38.5 Å². The van der Waals surface area contributed by atoms with E-state index in [1.807, 2.05) is 4.90 Å². The molecule has 0 aromatic rings. The molecule has 2 aliphatic carbocycles. The van der Waals surface area contributed by atoms with E-state index in [1.165, 1.54) is 36.2 Å². The van der Waals surface area contributed by atoms with Gasteiger partial charge in [0.05, 0.1) is 6.26 Å². The van der Waals surface area contributed by atoms with E-state index < -0.39 is 10.0 Å². The van der Waals surface area contributed by atoms with E-state index in [4.69, 9.17) is 0 Å². The maximum absolute atomic E-state index is 12.3. The van der Waals surface area contributed by atoms with E-state index in [1.54, 1.807) is 0 Å². The van der Waals surface area contributed by atoms with Gasteiger partial charge in [-0.1, -0.05) is 6.42 Å². The molecular formula is C14H24N2O3S. The third kappa shape index (κ3) is 2.86. The number of rotatable bonds is 3. The molecule has 5 nitrogen and oxygen atoms in total. The van der Waals surface area contributed by atoms with E-state index in [-0.39, 0.29) is 5.91 Å². The molecule has 2 bridgehead atoms. The molecule has 0 spiro atoms. The number of amides is 1. The quantitative estimate of drug-likeness (QED) is 0.778. The summed E-state index contributed by atoms with van der Waals surface area (Å²) in [7, 11) is -3.11. The molecule has 3 fully saturated rings. The summed E-state index contributed by atoms with van der Waals surface area (Å²) >= 11 is 0. The van der Waals surface area contributed by atoms with Crippen LogP contribution in [0.5, 0.6) is 0 Å². The minimum absolute atomic E-state index is 0.232. The van der Waals surface area contributed by atoms with Crippen LogP contribution in [0.1, 0.15) is 32.1 Å². The van der Waals surface area contributed by atoms with Crippen molar-refractivity contribution in [1.29, 1.82) is 0 Å². The number of sulfonamides is 1. The highest BCUT2D eigenvalue weighted by atomic mass is 32.2. The summed E-state index contributed by atoms with van der Waals surface area (Å²) in [5.41, 5.74) is 0. The van der Waals surface area contributed by atoms with Gasteiger partial charge in [-0.25, -0.2) is 8.42 Å². The van der Waals surface area contributed by atoms with Crippen molar-refractivity contribution in [2.24, 2.45) is 17.8 Å². The van der Waals surface area contributed by atoms with Crippen molar-refractivity contribution in [3.05, 3.63) is 0 Å². The molecule has 0 N–H and O–H groups in total. The van der Waals surface area contributed by atoms with Crippen LogP contribution in [0, 0.1) is 17.8 Å². The number of carbonyl (C=O) groups is 1. The Morgan fingerprint density at radius 2 is 1.80 bits per heavy atom. The monoisotopic (exact) mass is 300 g/mol. The van der Waals surface area contributed by atoms with Crippen LogP contribution >= 0.6 is 0 Å². The molecular weight excluding hydrogens is 276 g/mol. The van der Waals surface area contributed by atoms with E-state index in [9.17, 15) is 13.2 Å². The second-order valence-corrected chi connectivity index (χ2v) is 8.66. The molecule has 1 aliphatic heterocycles. The molecule has 3 aliphatic rings. The van der Waals surface area contributed by atoms with Gasteiger partial charge in [-0.15, -0.1) is 0 Å². The van der Waals surface area contributed by atoms with Gasteiger partial charge >= 0.3 is 0 Å². The zero-order valence-electron chi connectivity index (χ0n) is 12.1. The topological polar surface area (TPSA) is 57.7 Å². The highest BCUT2D eigenvalue weighted by molar-refractivity contribution is 7.88. The van der Waals surface area contributed by atoms with E-state index >= 15 is 0 Å². The van der Waals surface area contributed by atoms with Gasteiger partial charge in [-0.3, -0.25) is 4.79 Å². The average Bonchev–Trinajstić information content (AvgIpc) is 3.00. The summed E-state index contributed by atoms with van der Waals surface area (Å²) in [4.78, 5) is 14.2. The highest BCUT2D eigenvalue weighted by Gasteiger charge is 2.40. The lowest BCUT2D eigenvalue weighted by molar-refractivity contribution is -0.133. The average molecular weight is 300 g/mol. The van der Waals surface area contributed by atoms with Crippen LogP contribution in [0.3, 0.4) is 0 Å². The van der Waals surface area contributed by atoms with Gasteiger partial charge in [0, 0.05) is 32.6 Å². The molecule has 0 radical (unpaired) electrons. The Morgan fingerprint density at radius 3 is 2.30 bits per heavy atom. The molecule has 3 unspecified atom stereocenters. The van der Waals surface area contributed by atoms with Gasteiger partial charge in [-0.05, 0) is 37.0 Å². The summed E-state index contributed by atoms with van der Waals surface area (Å²) in [5, 5.41) is 0. The molecule has 2 saturated carbocycles. The summed E-state index contributed by atoms with van der Waals surface area (Å²) in [6.07, 6.45) is 7.16. The van der Waals surface area contributed by atoms with Crippen LogP contribution < -0.4 is 0 Å². The molecule has 6 heteroatoms. The Bertz CT molecular complexity index is 483. The summed E-state index contributed by atoms with van der Waals surface area (Å²) in [6, 6.07) is 0. The molecule has 0 aromatic heterocycles. The van der Waals surface area contributed by atoms with Crippen LogP contribution in [0.25, 0.3) is 0 Å². The first kappa shape index (κ1) is 14.3. The fourth-order valence-electron chi connectivity index (χ4n) is 4.25. The molecule has 3 atom stereocenters. The zero-order valence-corrected chi connectivity index (χ0v) is 12.9. The Hall–Kier alpha value is -0.620. The Balaban J connectivity index is 1.50. The highest BCUT2D eigenvalue weighted by Crippen LogP contribution is 2.49. The summed E-state index contributed by atoms with van der Waals surface area (Å²) < 4.78 is 24.4. The minimum Gasteiger partial charge on any atom is -0.340 e. The molecule has 1 saturated heterocycles. The third-order valence-electron chi connectivity index (χ3n) is 5.38. The molecule has 0 aromatic carbocycles. The van der Waals surface area contributed by atoms with Crippen LogP contribution in [0.4, 0.5) is 0 Å². The van der Waals surface area contributed by atoms with E-state index in [0.717, 1.165) is 11.8 Å². The standard InChI is InChI=1S/C14H24N2O3S/c1-20(18,19)16-6-4-15(5-7-16)14(17)10-13-9-11-2-3-12(13)8-11/h11-13H,2-10H2,1H3. The van der Waals surface area contributed by atoms with Crippen molar-refractivity contribution < 1.29 is 13.2 Å². The second-order valence-electron chi connectivity index (χ2n) is 6.68. The van der Waals surface area contributed by atoms with Crippen LogP contribution in [0.15, 0.2) is 0 Å². The van der Waals surface area contributed by atoms with Gasteiger partial charge in [0.25, 0.3) is 0 Å². The second kappa shape index (κ2) is 5.30. The molecule has 1 heterocycles. The summed E-state index contributed by atoms with van der Waals surface area (Å²) in [5.74, 6) is 2.48. The number of hydrogen-bond donors (Lipinski definition) is 0. The predicted molar refractivity (Wildman–Crippen MR) is 76.6 cm³/mol. The van der Waals surface area contributed by atoms with E-state index in [2.05, 4.69) is 0 Å². The largest absolute Gasteiger partial charge is 0.340 e. The normalized spacial score (nSPS) is 34.6. The Labute approximate surface area is 121 Å². The number of nitrogens with zero attached hydrogens (tertiary/aromatic N) is 2. The van der Waals surface area contributed by atoms with Gasteiger partial charge in [-0.2, -0.15) is 4.31 Å². The van der Waals surface area contributed by atoms with Crippen molar-refractivity contribution in [3.63, 3.8) is 0 Å². The SMILES string of the molecule is CS(=O)(=O)N1CCN(C(=O)CC2CC3CCC2C3)CC1. The smallest absolute Gasteiger partial charge is 0.222 e. The first-order valence-electron chi connectivity index (χ1n) is 7.66. The first-order chi connectivity index (χ1) is 9.43. The fraction of sp³-hybridized carbons (Fsp3) is 0.929. The number of carbonyl (C=O) groups excluding carboxylic acids is 1. The van der Waals surface area contributed by atoms with Crippen LogP contribution in [-0.4, -0.2) is 56.0 Å². The minimum atomic E-state index is -3.11. The number of fused-ring (bicyclic) bond motifs is 2.